The first kappa shape index (κ1) is 60.4. The summed E-state index contributed by atoms with van der Waals surface area (Å²) in [5.74, 6) is -0.266. The van der Waals surface area contributed by atoms with Crippen molar-refractivity contribution in [3.05, 3.63) is 95.0 Å². The molecule has 3 aromatic carbocycles. The highest BCUT2D eigenvalue weighted by molar-refractivity contribution is 7.13. The molecule has 5 heterocycles. The van der Waals surface area contributed by atoms with Gasteiger partial charge < -0.3 is 59.9 Å². The van der Waals surface area contributed by atoms with Crippen LogP contribution in [0.5, 0.6) is 0 Å². The maximum atomic E-state index is 14.0. The van der Waals surface area contributed by atoms with Crippen LogP contribution in [0.25, 0.3) is 32.4 Å². The maximum Gasteiger partial charge on any atom is 0.255 e. The number of rotatable bonds is 30. The second-order valence-corrected chi connectivity index (χ2v) is 22.5. The van der Waals surface area contributed by atoms with Gasteiger partial charge in [-0.15, -0.1) is 11.3 Å². The number of β-amino-alcohol motifs (C(OH)–C–C–N with tert-alkyl or cyclic N) is 1. The maximum absolute atomic E-state index is 14.0. The Balaban J connectivity index is 0.596. The minimum absolute atomic E-state index is 0.00717. The number of aliphatic hydroxyl groups excluding tert-OH is 1. The molecule has 2 fully saturated rings. The Labute approximate surface area is 476 Å². The number of aromatic nitrogens is 5. The minimum atomic E-state index is -0.934. The zero-order valence-electron chi connectivity index (χ0n) is 47.0. The van der Waals surface area contributed by atoms with E-state index in [0.29, 0.717) is 83.6 Å². The number of likely N-dealkylation sites (tertiary alicyclic amines) is 2. The summed E-state index contributed by atoms with van der Waals surface area (Å²) < 4.78 is 29.7. The van der Waals surface area contributed by atoms with Gasteiger partial charge in [-0.2, -0.15) is 5.10 Å². The number of H-pyrrole nitrogens is 1. The number of hydrogen-bond donors (Lipinski definition) is 6. The van der Waals surface area contributed by atoms with Gasteiger partial charge >= 0.3 is 0 Å². The van der Waals surface area contributed by atoms with Crippen molar-refractivity contribution in [2.24, 2.45) is 18.4 Å². The van der Waals surface area contributed by atoms with E-state index in [9.17, 15) is 29.1 Å². The van der Waals surface area contributed by atoms with Crippen molar-refractivity contribution in [1.29, 1.82) is 0 Å². The molecule has 5 amide bonds. The first-order chi connectivity index (χ1) is 39.1. The Hall–Kier alpha value is -6.70. The third kappa shape index (κ3) is 17.7. The summed E-state index contributed by atoms with van der Waals surface area (Å²) in [6.07, 6.45) is 2.38. The lowest BCUT2D eigenvalue weighted by atomic mass is 9.85. The molecule has 22 nitrogen and oxygen atoms in total. The van der Waals surface area contributed by atoms with Crippen LogP contribution in [-0.4, -0.2) is 180 Å². The Morgan fingerprint density at radius 2 is 1.54 bits per heavy atom. The number of aromatic amines is 1. The largest absolute Gasteiger partial charge is 0.391 e. The molecule has 23 heteroatoms. The van der Waals surface area contributed by atoms with E-state index < -0.39 is 29.5 Å². The van der Waals surface area contributed by atoms with Crippen molar-refractivity contribution in [2.45, 2.75) is 84.7 Å². The van der Waals surface area contributed by atoms with Crippen LogP contribution in [0.3, 0.4) is 0 Å². The molecule has 0 radical (unpaired) electrons. The first-order valence-corrected chi connectivity index (χ1v) is 28.6. The summed E-state index contributed by atoms with van der Waals surface area (Å²) in [5.41, 5.74) is 7.87. The van der Waals surface area contributed by atoms with Crippen molar-refractivity contribution in [3.63, 3.8) is 0 Å². The smallest absolute Gasteiger partial charge is 0.255 e. The number of ether oxygens (including phenoxy) is 5. The number of nitrogens with zero attached hydrogens (tertiary/aromatic N) is 6. The standard InChI is InChI=1S/C58H77N11O11S/c1-38-53(81-37-61-38)41-8-6-39(7-9-41)32-60-56(74)49-31-45(70)35-69(49)57(75)54(58(2,3)4)66-51(71)15-18-76-20-22-78-24-26-80-27-25-79-23-21-77-19-16-59-52(72)28-40-14-17-68(34-40)36-50-64-46-12-11-44(30-47(46)65-50)63-55(73)42-10-13-48-43(29-42)33-62-67(48)5/h6-13,29-30,33,37,40,45,49,54,70H,14-28,31-32,34-36H2,1-5H3,(H,59,72)(H,60,74)(H,63,73)(H,64,65)(H,66,71)/t40?,45-,49+,54?/m1/s1. The fourth-order valence-electron chi connectivity index (χ4n) is 9.91. The number of benzene rings is 3. The highest BCUT2D eigenvalue weighted by Crippen LogP contribution is 2.29. The number of fused-ring (bicyclic) bond motifs is 2. The van der Waals surface area contributed by atoms with Crippen LogP contribution in [0.2, 0.25) is 0 Å². The van der Waals surface area contributed by atoms with Gasteiger partial charge in [0.2, 0.25) is 23.6 Å². The van der Waals surface area contributed by atoms with E-state index in [1.807, 2.05) is 94.9 Å². The molecule has 8 rings (SSSR count). The van der Waals surface area contributed by atoms with Gasteiger partial charge in [-0.25, -0.2) is 9.97 Å². The van der Waals surface area contributed by atoms with Gasteiger partial charge in [-0.05, 0) is 78.7 Å². The number of nitrogens with one attached hydrogen (secondary N) is 5. The van der Waals surface area contributed by atoms with E-state index in [0.717, 1.165) is 69.0 Å². The number of carbonyl (C=O) groups is 5. The lowest BCUT2D eigenvalue weighted by Gasteiger charge is -2.35. The lowest BCUT2D eigenvalue weighted by molar-refractivity contribution is -0.144. The van der Waals surface area contributed by atoms with Crippen LogP contribution in [0.15, 0.2) is 72.4 Å². The lowest BCUT2D eigenvalue weighted by Crippen LogP contribution is -2.57. The van der Waals surface area contributed by atoms with Gasteiger partial charge in [0.05, 0.1) is 118 Å². The van der Waals surface area contributed by atoms with Crippen LogP contribution < -0.4 is 21.3 Å². The topological polar surface area (TPSA) is 266 Å². The zero-order chi connectivity index (χ0) is 57.3. The number of carbonyl (C=O) groups excluding carboxylic acids is 5. The number of thiazole rings is 1. The first-order valence-electron chi connectivity index (χ1n) is 27.7. The second-order valence-electron chi connectivity index (χ2n) is 21.6. The second kappa shape index (κ2) is 29.3. The Bertz CT molecular complexity index is 3050. The molecule has 0 aliphatic carbocycles. The molecule has 0 saturated carbocycles. The SMILES string of the molecule is Cc1ncsc1-c1ccc(CNC(=O)[C@@H]2C[C@@H](O)CN2C(=O)C(NC(=O)CCOCCOCCOCCOCCOCCNC(=O)CC2CCN(Cc3nc4cc(NC(=O)c5ccc6c(cnn6C)c5)ccc4[nH]3)C2)C(C)(C)C)cc1. The number of imidazole rings is 1. The highest BCUT2D eigenvalue weighted by atomic mass is 32.1. The zero-order valence-corrected chi connectivity index (χ0v) is 47.8. The molecule has 0 spiro atoms. The summed E-state index contributed by atoms with van der Waals surface area (Å²) in [7, 11) is 1.87. The fourth-order valence-corrected chi connectivity index (χ4v) is 10.7. The van der Waals surface area contributed by atoms with Crippen molar-refractivity contribution in [2.75, 3.05) is 97.6 Å². The summed E-state index contributed by atoms with van der Waals surface area (Å²) in [4.78, 5) is 83.4. The van der Waals surface area contributed by atoms with Crippen LogP contribution in [-0.2, 0) is 63.0 Å². The van der Waals surface area contributed by atoms with E-state index >= 15 is 0 Å². The molecule has 3 aromatic heterocycles. The van der Waals surface area contributed by atoms with Gasteiger partial charge in [-0.1, -0.05) is 45.0 Å². The van der Waals surface area contributed by atoms with Crippen LogP contribution in [0.1, 0.15) is 73.9 Å². The van der Waals surface area contributed by atoms with Crippen molar-refractivity contribution in [1.82, 2.24) is 50.5 Å². The molecule has 2 saturated heterocycles. The molecule has 4 atom stereocenters. The monoisotopic (exact) mass is 1140 g/mol. The molecule has 0 bridgehead atoms. The van der Waals surface area contributed by atoms with Gasteiger partial charge in [0.15, 0.2) is 0 Å². The van der Waals surface area contributed by atoms with E-state index in [-0.39, 0.29) is 68.7 Å². The molecule has 2 aliphatic heterocycles. The molecular weight excluding hydrogens is 1060 g/mol. The van der Waals surface area contributed by atoms with Crippen molar-refractivity contribution < 1.29 is 52.8 Å². The summed E-state index contributed by atoms with van der Waals surface area (Å²) in [6.45, 7) is 13.9. The molecule has 6 aromatic rings. The van der Waals surface area contributed by atoms with Crippen LogP contribution in [0.4, 0.5) is 5.69 Å². The van der Waals surface area contributed by atoms with Gasteiger partial charge in [0.25, 0.3) is 5.91 Å². The summed E-state index contributed by atoms with van der Waals surface area (Å²) >= 11 is 1.57. The number of anilines is 1. The van der Waals surface area contributed by atoms with Gasteiger partial charge in [0.1, 0.15) is 17.9 Å². The molecule has 2 aliphatic rings. The molecule has 6 N–H and O–H groups in total. The van der Waals surface area contributed by atoms with E-state index in [1.165, 1.54) is 4.90 Å². The third-order valence-corrected chi connectivity index (χ3v) is 15.2. The third-order valence-electron chi connectivity index (χ3n) is 14.3. The molecule has 2 unspecified atom stereocenters. The Kier molecular flexibility index (Phi) is 21.9. The van der Waals surface area contributed by atoms with Crippen molar-refractivity contribution in [3.8, 4) is 10.4 Å². The van der Waals surface area contributed by atoms with Crippen LogP contribution >= 0.6 is 11.3 Å². The van der Waals surface area contributed by atoms with E-state index in [2.05, 4.69) is 41.2 Å². The van der Waals surface area contributed by atoms with Gasteiger partial charge in [0, 0.05) is 69.1 Å². The Morgan fingerprint density at radius 1 is 0.840 bits per heavy atom. The fraction of sp³-hybridized carbons (Fsp3) is 0.517. The quantitative estimate of drug-likeness (QED) is 0.0333. The average molecular weight is 1140 g/mol. The predicted octanol–water partition coefficient (Wildman–Crippen LogP) is 4.74. The highest BCUT2D eigenvalue weighted by Gasteiger charge is 2.44. The van der Waals surface area contributed by atoms with Gasteiger partial charge in [-0.3, -0.25) is 33.6 Å². The van der Waals surface area contributed by atoms with E-state index in [4.69, 9.17) is 28.7 Å². The average Bonchev–Trinajstić information content (AvgIpc) is 4.39. The molecular formula is C58H77N11O11S. The number of amides is 5. The summed E-state index contributed by atoms with van der Waals surface area (Å²) in [6, 6.07) is 17.2. The van der Waals surface area contributed by atoms with Crippen molar-refractivity contribution >= 4 is 68.5 Å². The summed E-state index contributed by atoms with van der Waals surface area (Å²) in [5, 5.41) is 27.4. The Morgan fingerprint density at radius 3 is 2.23 bits per heavy atom. The number of hydrogen-bond acceptors (Lipinski definition) is 16. The van der Waals surface area contributed by atoms with E-state index in [1.54, 1.807) is 28.3 Å². The molecule has 436 valence electrons. The number of aryl methyl sites for hydroxylation is 2. The minimum Gasteiger partial charge on any atom is -0.391 e. The normalized spacial score (nSPS) is 17.0. The van der Waals surface area contributed by atoms with Crippen LogP contribution in [0, 0.1) is 18.3 Å². The predicted molar refractivity (Wildman–Crippen MR) is 306 cm³/mol. The molecule has 81 heavy (non-hydrogen) atoms. The number of aliphatic hydroxyl groups is 1.